The number of amides is 1. The van der Waals surface area contributed by atoms with E-state index in [-0.39, 0.29) is 23.0 Å². The molecule has 0 heterocycles. The van der Waals surface area contributed by atoms with Gasteiger partial charge in [0.1, 0.15) is 5.75 Å². The Kier molecular flexibility index (Phi) is 5.56. The van der Waals surface area contributed by atoms with Crippen LogP contribution in [0.3, 0.4) is 0 Å². The molecule has 0 radical (unpaired) electrons. The Morgan fingerprint density at radius 3 is 2.17 bits per heavy atom. The van der Waals surface area contributed by atoms with Crippen molar-refractivity contribution in [3.05, 3.63) is 98.4 Å². The van der Waals surface area contributed by atoms with Crippen molar-refractivity contribution in [3.8, 4) is 5.75 Å². The normalized spacial score (nSPS) is 17.2. The van der Waals surface area contributed by atoms with Crippen molar-refractivity contribution in [1.29, 1.82) is 0 Å². The highest BCUT2D eigenvalue weighted by molar-refractivity contribution is 9.11. The molecule has 1 unspecified atom stereocenters. The van der Waals surface area contributed by atoms with Gasteiger partial charge in [0.05, 0.1) is 16.6 Å². The van der Waals surface area contributed by atoms with Gasteiger partial charge in [0.15, 0.2) is 0 Å². The Labute approximate surface area is 185 Å². The molecule has 1 amide bonds. The zero-order chi connectivity index (χ0) is 20.4. The van der Waals surface area contributed by atoms with E-state index in [2.05, 4.69) is 66.7 Å². The fourth-order valence-corrected chi connectivity index (χ4v) is 4.85. The number of benzene rings is 3. The first-order valence-corrected chi connectivity index (χ1v) is 10.7. The Morgan fingerprint density at radius 1 is 1.00 bits per heavy atom. The van der Waals surface area contributed by atoms with E-state index in [1.807, 2.05) is 36.4 Å². The van der Waals surface area contributed by atoms with Gasteiger partial charge in [0.2, 0.25) is 5.91 Å². The van der Waals surface area contributed by atoms with Crippen LogP contribution in [0.1, 0.15) is 23.1 Å². The lowest BCUT2D eigenvalue weighted by Crippen LogP contribution is -2.25. The van der Waals surface area contributed by atoms with Crippen molar-refractivity contribution in [2.24, 2.45) is 11.0 Å². The van der Waals surface area contributed by atoms with E-state index in [4.69, 9.17) is 0 Å². The average molecular weight is 514 g/mol. The third-order valence-corrected chi connectivity index (χ3v) is 6.62. The summed E-state index contributed by atoms with van der Waals surface area (Å²) in [6.45, 7) is 0. The summed E-state index contributed by atoms with van der Waals surface area (Å²) in [6, 6.07) is 23.6. The molecule has 1 saturated carbocycles. The fourth-order valence-electron chi connectivity index (χ4n) is 3.75. The van der Waals surface area contributed by atoms with Crippen molar-refractivity contribution in [1.82, 2.24) is 5.43 Å². The number of phenolic OH excluding ortho intramolecular Hbond substituents is 1. The molecule has 1 fully saturated rings. The van der Waals surface area contributed by atoms with Crippen LogP contribution in [0.2, 0.25) is 0 Å². The lowest BCUT2D eigenvalue weighted by Gasteiger charge is -2.18. The van der Waals surface area contributed by atoms with Crippen molar-refractivity contribution in [2.75, 3.05) is 0 Å². The average Bonchev–Trinajstić information content (AvgIpc) is 3.50. The summed E-state index contributed by atoms with van der Waals surface area (Å²) in [5, 5.41) is 13.9. The second-order valence-corrected chi connectivity index (χ2v) is 8.73. The molecule has 0 spiro atoms. The van der Waals surface area contributed by atoms with E-state index in [0.29, 0.717) is 10.0 Å². The molecule has 0 saturated heterocycles. The number of carbonyl (C=O) groups is 1. The van der Waals surface area contributed by atoms with Crippen LogP contribution in [0, 0.1) is 5.92 Å². The van der Waals surface area contributed by atoms with Crippen LogP contribution in [-0.2, 0) is 10.2 Å². The summed E-state index contributed by atoms with van der Waals surface area (Å²) in [6.07, 6.45) is 2.26. The maximum absolute atomic E-state index is 12.9. The van der Waals surface area contributed by atoms with Gasteiger partial charge in [-0.1, -0.05) is 76.6 Å². The zero-order valence-electron chi connectivity index (χ0n) is 15.3. The summed E-state index contributed by atoms with van der Waals surface area (Å²) in [5.74, 6) is -0.201. The van der Waals surface area contributed by atoms with Crippen LogP contribution < -0.4 is 5.43 Å². The fraction of sp³-hybridized carbons (Fsp3) is 0.130. The summed E-state index contributed by atoms with van der Waals surface area (Å²) < 4.78 is 1.34. The van der Waals surface area contributed by atoms with Crippen LogP contribution >= 0.6 is 31.9 Å². The second kappa shape index (κ2) is 8.13. The zero-order valence-corrected chi connectivity index (χ0v) is 18.5. The second-order valence-electron chi connectivity index (χ2n) is 7.02. The van der Waals surface area contributed by atoms with Crippen LogP contribution in [0.15, 0.2) is 86.8 Å². The molecule has 29 heavy (non-hydrogen) atoms. The number of hydrazone groups is 1. The van der Waals surface area contributed by atoms with E-state index < -0.39 is 0 Å². The first-order chi connectivity index (χ1) is 14.0. The number of carbonyl (C=O) groups excluding carboxylic acids is 1. The molecule has 3 aromatic rings. The molecule has 2 N–H and O–H groups in total. The highest BCUT2D eigenvalue weighted by Crippen LogP contribution is 2.58. The van der Waals surface area contributed by atoms with E-state index in [1.54, 1.807) is 12.1 Å². The van der Waals surface area contributed by atoms with Crippen molar-refractivity contribution < 1.29 is 9.90 Å². The maximum Gasteiger partial charge on any atom is 0.244 e. The first-order valence-electron chi connectivity index (χ1n) is 9.14. The molecule has 4 rings (SSSR count). The minimum atomic E-state index is -0.321. The Bertz CT molecular complexity index is 1030. The molecule has 146 valence electrons. The Hall–Kier alpha value is -2.44. The highest BCUT2D eigenvalue weighted by atomic mass is 79.9. The molecule has 1 atom stereocenters. The standard InChI is InChI=1S/C23H18Br2N2O2/c24-19-12-20(25)21(28)11-15(19)14-26-27-22(29)18-13-23(18,16-7-3-1-4-8-16)17-9-5-2-6-10-17/h1-12,14,18,28H,13H2,(H,27,29). The van der Waals surface area contributed by atoms with Gasteiger partial charge in [-0.3, -0.25) is 4.79 Å². The SMILES string of the molecule is O=C(NN=Cc1cc(O)c(Br)cc1Br)C1CC1(c1ccccc1)c1ccccc1. The highest BCUT2D eigenvalue weighted by Gasteiger charge is 2.60. The summed E-state index contributed by atoms with van der Waals surface area (Å²) in [5.41, 5.74) is 5.28. The molecule has 1 aliphatic rings. The Balaban J connectivity index is 1.54. The number of halogens is 2. The van der Waals surface area contributed by atoms with Gasteiger partial charge in [0.25, 0.3) is 0 Å². The van der Waals surface area contributed by atoms with Gasteiger partial charge in [0, 0.05) is 15.5 Å². The molecule has 0 aliphatic heterocycles. The summed E-state index contributed by atoms with van der Waals surface area (Å²) >= 11 is 6.69. The number of aromatic hydroxyl groups is 1. The van der Waals surface area contributed by atoms with Crippen molar-refractivity contribution >= 4 is 44.0 Å². The minimum absolute atomic E-state index is 0.107. The predicted octanol–water partition coefficient (Wildman–Crippen LogP) is 5.37. The largest absolute Gasteiger partial charge is 0.507 e. The molecular weight excluding hydrogens is 496 g/mol. The van der Waals surface area contributed by atoms with Crippen LogP contribution in [0.25, 0.3) is 0 Å². The molecule has 4 nitrogen and oxygen atoms in total. The number of nitrogens with one attached hydrogen (secondary N) is 1. The van der Waals surface area contributed by atoms with E-state index in [9.17, 15) is 9.90 Å². The topological polar surface area (TPSA) is 61.7 Å². The smallest absolute Gasteiger partial charge is 0.244 e. The molecule has 0 aromatic heterocycles. The quantitative estimate of drug-likeness (QED) is 0.355. The number of nitrogens with zero attached hydrogens (tertiary/aromatic N) is 1. The third kappa shape index (κ3) is 3.87. The van der Waals surface area contributed by atoms with Crippen molar-refractivity contribution in [2.45, 2.75) is 11.8 Å². The number of rotatable bonds is 5. The van der Waals surface area contributed by atoms with Crippen LogP contribution in [0.5, 0.6) is 5.75 Å². The number of phenols is 1. The number of hydrogen-bond donors (Lipinski definition) is 2. The van der Waals surface area contributed by atoms with Gasteiger partial charge in [-0.25, -0.2) is 5.43 Å². The maximum atomic E-state index is 12.9. The van der Waals surface area contributed by atoms with Gasteiger partial charge in [-0.15, -0.1) is 0 Å². The minimum Gasteiger partial charge on any atom is -0.507 e. The lowest BCUT2D eigenvalue weighted by molar-refractivity contribution is -0.122. The van der Waals surface area contributed by atoms with Gasteiger partial charge in [-0.2, -0.15) is 5.10 Å². The van der Waals surface area contributed by atoms with E-state index in [0.717, 1.165) is 22.0 Å². The Morgan fingerprint density at radius 2 is 1.59 bits per heavy atom. The van der Waals surface area contributed by atoms with Gasteiger partial charge < -0.3 is 5.11 Å². The van der Waals surface area contributed by atoms with Crippen molar-refractivity contribution in [3.63, 3.8) is 0 Å². The summed E-state index contributed by atoms with van der Waals surface area (Å²) in [4.78, 5) is 12.9. The van der Waals surface area contributed by atoms with Gasteiger partial charge >= 0.3 is 0 Å². The molecule has 6 heteroatoms. The first kappa shape index (κ1) is 19.9. The summed E-state index contributed by atoms with van der Waals surface area (Å²) in [7, 11) is 0. The van der Waals surface area contributed by atoms with E-state index in [1.165, 1.54) is 6.21 Å². The van der Waals surface area contributed by atoms with Crippen LogP contribution in [-0.4, -0.2) is 17.2 Å². The van der Waals surface area contributed by atoms with Crippen LogP contribution in [0.4, 0.5) is 0 Å². The lowest BCUT2D eigenvalue weighted by atomic mass is 9.85. The monoisotopic (exact) mass is 512 g/mol. The molecule has 1 aliphatic carbocycles. The van der Waals surface area contributed by atoms with Gasteiger partial charge in [-0.05, 0) is 45.6 Å². The molecule has 3 aromatic carbocycles. The number of hydrogen-bond acceptors (Lipinski definition) is 3. The molecule has 0 bridgehead atoms. The molecular formula is C23H18Br2N2O2. The predicted molar refractivity (Wildman–Crippen MR) is 121 cm³/mol. The third-order valence-electron chi connectivity index (χ3n) is 5.30. The van der Waals surface area contributed by atoms with E-state index >= 15 is 0 Å².